The maximum absolute atomic E-state index is 12.3. The van der Waals surface area contributed by atoms with Gasteiger partial charge in [-0.15, -0.1) is 0 Å². The van der Waals surface area contributed by atoms with Gasteiger partial charge in [0.2, 0.25) is 5.91 Å². The largest absolute Gasteiger partial charge is 0.382 e. The Morgan fingerprint density at radius 3 is 2.58 bits per heavy atom. The number of ketones is 1. The summed E-state index contributed by atoms with van der Waals surface area (Å²) in [4.78, 5) is 26.2. The minimum atomic E-state index is -1.22. The zero-order valence-corrected chi connectivity index (χ0v) is 16.8. The number of carbonyl (C=O) groups is 2. The lowest BCUT2D eigenvalue weighted by Gasteiger charge is -2.58. The first-order valence-electron chi connectivity index (χ1n) is 9.63. The highest BCUT2D eigenvalue weighted by atomic mass is 35.5. The molecular weight excluding hydrogens is 350 g/mol. The number of rotatable bonds is 1. The Morgan fingerprint density at radius 2 is 1.92 bits per heavy atom. The predicted octanol–water partition coefficient (Wildman–Crippen LogP) is 3.29. The van der Waals surface area contributed by atoms with Crippen LogP contribution in [0.15, 0.2) is 22.8 Å². The number of Topliss-reactive ketones (excluding diaryl/α,β-unsaturated/α-hetero) is 1. The summed E-state index contributed by atoms with van der Waals surface area (Å²) in [5.74, 6) is 0.749. The zero-order chi connectivity index (χ0) is 19.1. The van der Waals surface area contributed by atoms with Gasteiger partial charge < -0.3 is 10.0 Å². The van der Waals surface area contributed by atoms with Crippen LogP contribution < -0.4 is 0 Å². The van der Waals surface area contributed by atoms with E-state index in [1.807, 2.05) is 7.05 Å². The quantitative estimate of drug-likeness (QED) is 0.762. The molecule has 3 aliphatic carbocycles. The Balaban J connectivity index is 1.80. The molecule has 0 saturated heterocycles. The van der Waals surface area contributed by atoms with Crippen LogP contribution in [0.2, 0.25) is 0 Å². The number of halogens is 1. The van der Waals surface area contributed by atoms with Gasteiger partial charge in [0.05, 0.1) is 0 Å². The molecule has 0 aromatic rings. The van der Waals surface area contributed by atoms with Gasteiger partial charge in [-0.3, -0.25) is 9.59 Å². The van der Waals surface area contributed by atoms with Crippen molar-refractivity contribution in [1.29, 1.82) is 0 Å². The first-order valence-corrected chi connectivity index (χ1v) is 10.0. The van der Waals surface area contributed by atoms with E-state index in [-0.39, 0.29) is 28.9 Å². The van der Waals surface area contributed by atoms with Crippen LogP contribution in [-0.4, -0.2) is 40.9 Å². The van der Waals surface area contributed by atoms with Gasteiger partial charge in [-0.1, -0.05) is 31.5 Å². The number of hydrogen-bond donors (Lipinski definition) is 1. The highest BCUT2D eigenvalue weighted by Gasteiger charge is 2.65. The maximum Gasteiger partial charge on any atom is 0.246 e. The molecule has 0 unspecified atom stereocenters. The van der Waals surface area contributed by atoms with Gasteiger partial charge in [0, 0.05) is 35.5 Å². The average molecular weight is 378 g/mol. The van der Waals surface area contributed by atoms with E-state index < -0.39 is 11.0 Å². The summed E-state index contributed by atoms with van der Waals surface area (Å²) in [7, 11) is 1.85. The molecule has 4 rings (SSSR count). The van der Waals surface area contributed by atoms with Crippen molar-refractivity contribution in [2.24, 2.45) is 28.6 Å². The van der Waals surface area contributed by atoms with E-state index in [2.05, 4.69) is 19.9 Å². The lowest BCUT2D eigenvalue weighted by Crippen LogP contribution is -2.58. The Morgan fingerprint density at radius 1 is 1.27 bits per heavy atom. The van der Waals surface area contributed by atoms with Gasteiger partial charge in [-0.25, -0.2) is 0 Å². The molecule has 0 aromatic heterocycles. The summed E-state index contributed by atoms with van der Waals surface area (Å²) in [5, 5.41) is 11.9. The zero-order valence-electron chi connectivity index (χ0n) is 16.0. The van der Waals surface area contributed by atoms with Gasteiger partial charge in [0.15, 0.2) is 5.78 Å². The van der Waals surface area contributed by atoms with E-state index in [0.717, 1.165) is 24.8 Å². The van der Waals surface area contributed by atoms with E-state index in [4.69, 9.17) is 11.6 Å². The van der Waals surface area contributed by atoms with Gasteiger partial charge >= 0.3 is 0 Å². The van der Waals surface area contributed by atoms with Crippen molar-refractivity contribution >= 4 is 23.3 Å². The van der Waals surface area contributed by atoms with Gasteiger partial charge in [-0.2, -0.15) is 0 Å². The van der Waals surface area contributed by atoms with Crippen molar-refractivity contribution in [2.45, 2.75) is 52.1 Å². The average Bonchev–Trinajstić information content (AvgIpc) is 2.83. The van der Waals surface area contributed by atoms with Crippen molar-refractivity contribution in [3.63, 3.8) is 0 Å². The van der Waals surface area contributed by atoms with Gasteiger partial charge in [0.25, 0.3) is 0 Å². The third-order valence-corrected chi connectivity index (χ3v) is 8.64. The highest BCUT2D eigenvalue weighted by molar-refractivity contribution is 6.32. The van der Waals surface area contributed by atoms with Crippen molar-refractivity contribution in [3.8, 4) is 0 Å². The maximum atomic E-state index is 12.3. The molecule has 142 valence electrons. The molecule has 1 heterocycles. The summed E-state index contributed by atoms with van der Waals surface area (Å²) < 4.78 is 0. The monoisotopic (exact) mass is 377 g/mol. The van der Waals surface area contributed by atoms with E-state index in [1.54, 1.807) is 11.0 Å². The van der Waals surface area contributed by atoms with Gasteiger partial charge in [0.1, 0.15) is 5.60 Å². The molecule has 1 amide bonds. The Bertz CT molecular complexity index is 758. The van der Waals surface area contributed by atoms with E-state index in [9.17, 15) is 14.7 Å². The normalized spacial score (nSPS) is 47.5. The predicted molar refractivity (Wildman–Crippen MR) is 100 cm³/mol. The van der Waals surface area contributed by atoms with E-state index in [0.29, 0.717) is 23.9 Å². The molecular formula is C21H28ClNO3. The van der Waals surface area contributed by atoms with Crippen LogP contribution in [-0.2, 0) is 9.59 Å². The molecule has 1 aliphatic heterocycles. The fraction of sp³-hybridized carbons (Fsp3) is 0.714. The van der Waals surface area contributed by atoms with Crippen molar-refractivity contribution in [1.82, 2.24) is 4.90 Å². The summed E-state index contributed by atoms with van der Waals surface area (Å²) in [6, 6.07) is 0. The fourth-order valence-corrected chi connectivity index (χ4v) is 7.15. The van der Waals surface area contributed by atoms with Crippen LogP contribution in [0.25, 0.3) is 0 Å². The van der Waals surface area contributed by atoms with Crippen molar-refractivity contribution in [2.75, 3.05) is 13.6 Å². The molecule has 2 saturated carbocycles. The molecule has 5 heteroatoms. The van der Waals surface area contributed by atoms with Crippen molar-refractivity contribution < 1.29 is 14.7 Å². The number of likely N-dealkylation sites (N-methyl/N-ethyl adjacent to an activating group) is 1. The number of fused-ring (bicyclic) bond motifs is 5. The lowest BCUT2D eigenvalue weighted by molar-refractivity contribution is -0.157. The fourth-order valence-electron chi connectivity index (χ4n) is 6.74. The topological polar surface area (TPSA) is 57.6 Å². The van der Waals surface area contributed by atoms with Crippen LogP contribution in [0.5, 0.6) is 0 Å². The summed E-state index contributed by atoms with van der Waals surface area (Å²) >= 11 is 6.67. The summed E-state index contributed by atoms with van der Waals surface area (Å²) in [5.41, 5.74) is -0.829. The molecule has 0 spiro atoms. The van der Waals surface area contributed by atoms with Crippen LogP contribution in [0.4, 0.5) is 0 Å². The van der Waals surface area contributed by atoms with E-state index >= 15 is 0 Å². The molecule has 0 bridgehead atoms. The third-order valence-electron chi connectivity index (χ3n) is 8.31. The number of allylic oxidation sites excluding steroid dienone is 2. The molecule has 2 fully saturated rings. The minimum absolute atomic E-state index is 0.00921. The molecule has 6 atom stereocenters. The van der Waals surface area contributed by atoms with Crippen LogP contribution >= 0.6 is 11.6 Å². The molecule has 1 N–H and O–H groups in total. The second-order valence-corrected chi connectivity index (χ2v) is 9.79. The molecule has 4 aliphatic rings. The number of nitrogens with zero attached hydrogens (tertiary/aromatic N) is 1. The first-order chi connectivity index (χ1) is 12.0. The van der Waals surface area contributed by atoms with Crippen LogP contribution in [0, 0.1) is 28.6 Å². The summed E-state index contributed by atoms with van der Waals surface area (Å²) in [6.07, 6.45) is 6.97. The SMILES string of the molecule is CC(=O)[C@@]1(O)CC[C@H]2[C@@H]3C=C(Cl)C4=CC(=O)N(C)C[C@]4(C)[C@H]3CC[C@@]21C. The third kappa shape index (κ3) is 2.06. The highest BCUT2D eigenvalue weighted by Crippen LogP contribution is 2.66. The first kappa shape index (κ1) is 18.2. The second kappa shape index (κ2) is 5.45. The molecule has 26 heavy (non-hydrogen) atoms. The lowest BCUT2D eigenvalue weighted by atomic mass is 9.49. The summed E-state index contributed by atoms with van der Waals surface area (Å²) in [6.45, 7) is 6.51. The Labute approximate surface area is 160 Å². The molecule has 4 nitrogen and oxygen atoms in total. The van der Waals surface area contributed by atoms with Crippen molar-refractivity contribution in [3.05, 3.63) is 22.8 Å². The number of aliphatic hydroxyl groups is 1. The smallest absolute Gasteiger partial charge is 0.246 e. The second-order valence-electron chi connectivity index (χ2n) is 9.39. The minimum Gasteiger partial charge on any atom is -0.382 e. The van der Waals surface area contributed by atoms with Crippen LogP contribution in [0.1, 0.15) is 46.5 Å². The van der Waals surface area contributed by atoms with Gasteiger partial charge in [-0.05, 0) is 55.9 Å². The molecule has 0 aromatic carbocycles. The Hall–Kier alpha value is -1.13. The van der Waals surface area contributed by atoms with E-state index in [1.165, 1.54) is 6.92 Å². The number of hydrogen-bond acceptors (Lipinski definition) is 3. The molecule has 0 radical (unpaired) electrons. The number of amides is 1. The van der Waals surface area contributed by atoms with Crippen LogP contribution in [0.3, 0.4) is 0 Å². The standard InChI is InChI=1S/C21H28ClNO3/c1-12(24)21(26)8-6-15-13-9-17(22)16-10-18(25)23(4)11-19(16,2)14(13)5-7-20(15,21)3/h9-10,13-15,26H,5-8,11H2,1-4H3/t13-,14+,15+,19-,20+,21+/m1/s1. The Kier molecular flexibility index (Phi) is 3.82. The number of carbonyl (C=O) groups excluding carboxylic acids is 2.